The molecule has 0 aliphatic carbocycles. The third-order valence-electron chi connectivity index (χ3n) is 4.69. The first-order valence-electron chi connectivity index (χ1n) is 9.28. The molecule has 28 heavy (non-hydrogen) atoms. The van der Waals surface area contributed by atoms with Gasteiger partial charge >= 0.3 is 0 Å². The van der Waals surface area contributed by atoms with Crippen molar-refractivity contribution in [1.82, 2.24) is 10.2 Å². The van der Waals surface area contributed by atoms with Crippen molar-refractivity contribution in [2.75, 3.05) is 32.1 Å². The highest BCUT2D eigenvalue weighted by Crippen LogP contribution is 2.21. The molecule has 0 saturated carbocycles. The highest BCUT2D eigenvalue weighted by Gasteiger charge is 2.31. The van der Waals surface area contributed by atoms with E-state index in [0.717, 1.165) is 17.0 Å². The van der Waals surface area contributed by atoms with Crippen molar-refractivity contribution in [1.29, 1.82) is 0 Å². The van der Waals surface area contributed by atoms with Gasteiger partial charge in [-0.15, -0.1) is 0 Å². The van der Waals surface area contributed by atoms with Gasteiger partial charge in [-0.05, 0) is 42.3 Å². The fraction of sp³-hybridized carbons (Fsp3) is 0.333. The number of anilines is 1. The largest absolute Gasteiger partial charge is 0.497 e. The minimum Gasteiger partial charge on any atom is -0.497 e. The van der Waals surface area contributed by atoms with Crippen molar-refractivity contribution >= 4 is 17.5 Å². The minimum atomic E-state index is -0.311. The van der Waals surface area contributed by atoms with Crippen LogP contribution in [0.15, 0.2) is 48.5 Å². The number of methoxy groups -OCH3 is 1. The van der Waals surface area contributed by atoms with E-state index in [9.17, 15) is 9.59 Å². The van der Waals surface area contributed by atoms with Crippen LogP contribution in [0.5, 0.6) is 5.75 Å². The molecule has 0 bridgehead atoms. The smallest absolute Gasteiger partial charge is 0.251 e. The Labute approximate surface area is 164 Å². The van der Waals surface area contributed by atoms with Crippen LogP contribution < -0.4 is 15.4 Å². The quantitative estimate of drug-likeness (QED) is 0.645. The molecule has 1 aliphatic rings. The maximum atomic E-state index is 12.7. The molecule has 0 radical (unpaired) electrons. The second-order valence-electron chi connectivity index (χ2n) is 6.65. The van der Waals surface area contributed by atoms with Crippen LogP contribution in [0, 0.1) is 0 Å². The van der Waals surface area contributed by atoms with Crippen molar-refractivity contribution in [2.24, 2.45) is 0 Å². The summed E-state index contributed by atoms with van der Waals surface area (Å²) in [5, 5.41) is 14.7. The molecule has 1 fully saturated rings. The van der Waals surface area contributed by atoms with Gasteiger partial charge in [0.1, 0.15) is 11.8 Å². The number of likely N-dealkylation sites (tertiary alicyclic amines) is 1. The van der Waals surface area contributed by atoms with E-state index in [-0.39, 0.29) is 31.0 Å². The van der Waals surface area contributed by atoms with Crippen LogP contribution in [-0.4, -0.2) is 54.7 Å². The Bertz CT molecular complexity index is 823. The topological polar surface area (TPSA) is 90.9 Å². The summed E-state index contributed by atoms with van der Waals surface area (Å²) in [5.41, 5.74) is 2.26. The summed E-state index contributed by atoms with van der Waals surface area (Å²) in [7, 11) is 1.63. The van der Waals surface area contributed by atoms with Gasteiger partial charge in [0.25, 0.3) is 5.91 Å². The molecule has 1 saturated heterocycles. The number of ether oxygens (including phenoxy) is 1. The number of aliphatic hydroxyl groups excluding tert-OH is 1. The number of benzene rings is 2. The van der Waals surface area contributed by atoms with Gasteiger partial charge < -0.3 is 25.4 Å². The standard InChI is InChI=1S/C21H25N3O4/c1-28-18-7-5-15(6-8-18)14-24-11-9-19(21(24)27)23-17-4-2-3-16(13-17)20(26)22-10-12-25/h2-8,13,19,23,25H,9-12,14H2,1H3,(H,22,26). The summed E-state index contributed by atoms with van der Waals surface area (Å²) in [5.74, 6) is 0.585. The Morgan fingerprint density at radius 1 is 1.25 bits per heavy atom. The number of nitrogens with one attached hydrogen (secondary N) is 2. The van der Waals surface area contributed by atoms with E-state index in [1.807, 2.05) is 35.2 Å². The van der Waals surface area contributed by atoms with Gasteiger partial charge in [-0.2, -0.15) is 0 Å². The van der Waals surface area contributed by atoms with Gasteiger partial charge in [0, 0.05) is 30.9 Å². The summed E-state index contributed by atoms with van der Waals surface area (Å²) in [6.07, 6.45) is 0.704. The molecule has 1 atom stereocenters. The number of amides is 2. The first kappa shape index (κ1) is 19.7. The van der Waals surface area contributed by atoms with Gasteiger partial charge in [-0.25, -0.2) is 0 Å². The second-order valence-corrected chi connectivity index (χ2v) is 6.65. The molecule has 7 heteroatoms. The normalized spacial score (nSPS) is 16.1. The third kappa shape index (κ3) is 4.80. The molecular formula is C21H25N3O4. The zero-order valence-electron chi connectivity index (χ0n) is 15.9. The Hall–Kier alpha value is -3.06. The lowest BCUT2D eigenvalue weighted by atomic mass is 10.1. The lowest BCUT2D eigenvalue weighted by molar-refractivity contribution is -0.128. The third-order valence-corrected chi connectivity index (χ3v) is 4.69. The number of hydrogen-bond donors (Lipinski definition) is 3. The Kier molecular flexibility index (Phi) is 6.49. The summed E-state index contributed by atoms with van der Waals surface area (Å²) >= 11 is 0. The first-order valence-corrected chi connectivity index (χ1v) is 9.28. The molecule has 0 aromatic heterocycles. The van der Waals surface area contributed by atoms with Crippen LogP contribution in [0.3, 0.4) is 0 Å². The van der Waals surface area contributed by atoms with Crippen molar-refractivity contribution in [3.8, 4) is 5.75 Å². The van der Waals surface area contributed by atoms with Gasteiger partial charge in [-0.3, -0.25) is 9.59 Å². The molecule has 3 N–H and O–H groups in total. The fourth-order valence-electron chi connectivity index (χ4n) is 3.20. The molecule has 1 heterocycles. The Morgan fingerprint density at radius 3 is 2.75 bits per heavy atom. The second kappa shape index (κ2) is 9.23. The molecule has 2 amide bonds. The van der Waals surface area contributed by atoms with Gasteiger partial charge in [0.05, 0.1) is 13.7 Å². The molecule has 1 unspecified atom stereocenters. The predicted molar refractivity (Wildman–Crippen MR) is 106 cm³/mol. The van der Waals surface area contributed by atoms with Crippen molar-refractivity contribution in [3.05, 3.63) is 59.7 Å². The van der Waals surface area contributed by atoms with Crippen LogP contribution in [0.25, 0.3) is 0 Å². The van der Waals surface area contributed by atoms with Gasteiger partial charge in [0.2, 0.25) is 5.91 Å². The van der Waals surface area contributed by atoms with E-state index in [2.05, 4.69) is 10.6 Å². The van der Waals surface area contributed by atoms with Crippen LogP contribution >= 0.6 is 0 Å². The summed E-state index contributed by atoms with van der Waals surface area (Å²) < 4.78 is 5.16. The Morgan fingerprint density at radius 2 is 2.04 bits per heavy atom. The average molecular weight is 383 g/mol. The van der Waals surface area contributed by atoms with E-state index in [1.54, 1.807) is 25.3 Å². The highest BCUT2D eigenvalue weighted by atomic mass is 16.5. The number of rotatable bonds is 8. The molecular weight excluding hydrogens is 358 g/mol. The maximum absolute atomic E-state index is 12.7. The highest BCUT2D eigenvalue weighted by molar-refractivity contribution is 5.95. The van der Waals surface area contributed by atoms with Crippen LogP contribution in [0.2, 0.25) is 0 Å². The molecule has 2 aromatic rings. The molecule has 7 nitrogen and oxygen atoms in total. The molecule has 3 rings (SSSR count). The fourth-order valence-corrected chi connectivity index (χ4v) is 3.20. The maximum Gasteiger partial charge on any atom is 0.251 e. The molecule has 0 spiro atoms. The molecule has 148 valence electrons. The summed E-state index contributed by atoms with van der Waals surface area (Å²) in [4.78, 5) is 26.6. The molecule has 1 aliphatic heterocycles. The van der Waals surface area contributed by atoms with Crippen molar-refractivity contribution in [3.63, 3.8) is 0 Å². The number of aliphatic hydroxyl groups is 1. The lowest BCUT2D eigenvalue weighted by Gasteiger charge is -2.18. The Balaban J connectivity index is 1.59. The van der Waals surface area contributed by atoms with Crippen molar-refractivity contribution < 1.29 is 19.4 Å². The van der Waals surface area contributed by atoms with Crippen LogP contribution in [0.1, 0.15) is 22.3 Å². The predicted octanol–water partition coefficient (Wildman–Crippen LogP) is 1.63. The minimum absolute atomic E-state index is 0.0472. The molecule has 2 aromatic carbocycles. The summed E-state index contributed by atoms with van der Waals surface area (Å²) in [6.45, 7) is 1.34. The van der Waals surface area contributed by atoms with Crippen LogP contribution in [0.4, 0.5) is 5.69 Å². The van der Waals surface area contributed by atoms with E-state index < -0.39 is 0 Å². The van der Waals surface area contributed by atoms with E-state index >= 15 is 0 Å². The average Bonchev–Trinajstić information content (AvgIpc) is 3.06. The number of hydrogen-bond acceptors (Lipinski definition) is 5. The SMILES string of the molecule is COc1ccc(CN2CCC(Nc3cccc(C(=O)NCCO)c3)C2=O)cc1. The lowest BCUT2D eigenvalue weighted by Crippen LogP contribution is -2.33. The van der Waals surface area contributed by atoms with Gasteiger partial charge in [0.15, 0.2) is 0 Å². The monoisotopic (exact) mass is 383 g/mol. The number of carbonyl (C=O) groups is 2. The number of nitrogens with zero attached hydrogens (tertiary/aromatic N) is 1. The summed E-state index contributed by atoms with van der Waals surface area (Å²) in [6, 6.07) is 14.4. The number of carbonyl (C=O) groups excluding carboxylic acids is 2. The van der Waals surface area contributed by atoms with E-state index in [4.69, 9.17) is 9.84 Å². The zero-order valence-corrected chi connectivity index (χ0v) is 15.9. The van der Waals surface area contributed by atoms with Crippen molar-refractivity contribution in [2.45, 2.75) is 19.0 Å². The van der Waals surface area contributed by atoms with Gasteiger partial charge in [-0.1, -0.05) is 18.2 Å². The van der Waals surface area contributed by atoms with E-state index in [1.165, 1.54) is 0 Å². The zero-order chi connectivity index (χ0) is 19.9. The van der Waals surface area contributed by atoms with Crippen LogP contribution in [-0.2, 0) is 11.3 Å². The first-order chi connectivity index (χ1) is 13.6. The van der Waals surface area contributed by atoms with E-state index in [0.29, 0.717) is 25.1 Å².